The SMILES string of the molecule is CC[n+]1ccc(/C(=C/c2cc([N+](=O)[O-])ccc2O)NC(N)=O)cc1.[Br-]. The second kappa shape index (κ2) is 8.78. The van der Waals surface area contributed by atoms with E-state index in [0.717, 1.165) is 6.54 Å². The van der Waals surface area contributed by atoms with Gasteiger partial charge in [0.15, 0.2) is 12.4 Å². The van der Waals surface area contributed by atoms with E-state index in [4.69, 9.17) is 5.73 Å². The number of amides is 2. The number of rotatable bonds is 5. The molecule has 2 amide bonds. The van der Waals surface area contributed by atoms with Crippen LogP contribution in [0.5, 0.6) is 5.75 Å². The normalized spacial score (nSPS) is 10.7. The maximum atomic E-state index is 11.3. The number of aromatic hydroxyl groups is 1. The van der Waals surface area contributed by atoms with Crippen LogP contribution >= 0.6 is 0 Å². The van der Waals surface area contributed by atoms with E-state index < -0.39 is 11.0 Å². The van der Waals surface area contributed by atoms with Gasteiger partial charge in [-0.2, -0.15) is 0 Å². The smallest absolute Gasteiger partial charge is 0.316 e. The summed E-state index contributed by atoms with van der Waals surface area (Å²) in [7, 11) is 0. The van der Waals surface area contributed by atoms with Gasteiger partial charge < -0.3 is 33.1 Å². The van der Waals surface area contributed by atoms with Crippen molar-refractivity contribution in [3.63, 3.8) is 0 Å². The van der Waals surface area contributed by atoms with Crippen LogP contribution in [0.25, 0.3) is 11.8 Å². The van der Waals surface area contributed by atoms with Crippen molar-refractivity contribution in [2.75, 3.05) is 0 Å². The zero-order valence-corrected chi connectivity index (χ0v) is 14.9. The third kappa shape index (κ3) is 5.28. The van der Waals surface area contributed by atoms with Crippen molar-refractivity contribution in [2.24, 2.45) is 5.73 Å². The van der Waals surface area contributed by atoms with Gasteiger partial charge in [0.25, 0.3) is 5.69 Å². The molecule has 132 valence electrons. The monoisotopic (exact) mass is 408 g/mol. The van der Waals surface area contributed by atoms with E-state index in [-0.39, 0.29) is 34.0 Å². The van der Waals surface area contributed by atoms with Gasteiger partial charge in [-0.3, -0.25) is 10.1 Å². The van der Waals surface area contributed by atoms with Gasteiger partial charge >= 0.3 is 6.03 Å². The van der Waals surface area contributed by atoms with Crippen LogP contribution in [-0.4, -0.2) is 16.1 Å². The molecule has 0 aliphatic heterocycles. The molecule has 9 heteroatoms. The molecule has 2 aromatic rings. The lowest BCUT2D eigenvalue weighted by Crippen LogP contribution is -3.00. The maximum absolute atomic E-state index is 11.3. The number of nitrogens with two attached hydrogens (primary N) is 1. The number of carbonyl (C=O) groups is 1. The summed E-state index contributed by atoms with van der Waals surface area (Å²) in [4.78, 5) is 21.6. The van der Waals surface area contributed by atoms with E-state index >= 15 is 0 Å². The number of nitrogens with one attached hydrogen (secondary N) is 1. The molecule has 4 N–H and O–H groups in total. The number of hydrogen-bond donors (Lipinski definition) is 3. The highest BCUT2D eigenvalue weighted by Gasteiger charge is 2.12. The third-order valence-corrected chi connectivity index (χ3v) is 3.35. The van der Waals surface area contributed by atoms with Crippen molar-refractivity contribution in [3.8, 4) is 5.75 Å². The lowest BCUT2D eigenvalue weighted by molar-refractivity contribution is -0.693. The van der Waals surface area contributed by atoms with Crippen LogP contribution in [-0.2, 0) is 6.54 Å². The van der Waals surface area contributed by atoms with E-state index in [0.29, 0.717) is 11.3 Å². The number of primary amides is 1. The Kier molecular flexibility index (Phi) is 7.06. The van der Waals surface area contributed by atoms with Gasteiger partial charge in [0.1, 0.15) is 12.3 Å². The number of halogens is 1. The van der Waals surface area contributed by atoms with E-state index in [1.807, 2.05) is 23.9 Å². The highest BCUT2D eigenvalue weighted by atomic mass is 79.9. The second-order valence-electron chi connectivity index (χ2n) is 4.96. The number of aryl methyl sites for hydroxylation is 1. The zero-order chi connectivity index (χ0) is 17.7. The van der Waals surface area contributed by atoms with Gasteiger partial charge in [0, 0.05) is 35.4 Å². The van der Waals surface area contributed by atoms with Gasteiger partial charge in [0.2, 0.25) is 0 Å². The van der Waals surface area contributed by atoms with E-state index in [1.165, 1.54) is 24.3 Å². The van der Waals surface area contributed by atoms with Crippen LogP contribution in [0.1, 0.15) is 18.1 Å². The molecule has 1 aromatic heterocycles. The fourth-order valence-corrected chi connectivity index (χ4v) is 2.10. The highest BCUT2D eigenvalue weighted by Crippen LogP contribution is 2.26. The quantitative estimate of drug-likeness (QED) is 0.326. The minimum Gasteiger partial charge on any atom is -1.00 e. The van der Waals surface area contributed by atoms with E-state index in [2.05, 4.69) is 5.32 Å². The number of benzene rings is 1. The molecule has 0 unspecified atom stereocenters. The number of non-ortho nitro benzene ring substituents is 1. The number of phenolic OH excluding ortho intramolecular Hbond substituents is 1. The van der Waals surface area contributed by atoms with Crippen molar-refractivity contribution in [2.45, 2.75) is 13.5 Å². The highest BCUT2D eigenvalue weighted by molar-refractivity contribution is 5.91. The number of carbonyl (C=O) groups excluding carboxylic acids is 1. The standard InChI is InChI=1S/C16H16N4O4.BrH/c1-2-19-7-5-11(6-8-19)14(18-16(17)22)10-12-9-13(20(23)24)3-4-15(12)21;/h3-10H,2H2,1H3,(H3,17,18,22);1H. The molecule has 1 aromatic carbocycles. The third-order valence-electron chi connectivity index (χ3n) is 3.35. The molecule has 0 bridgehead atoms. The predicted octanol–water partition coefficient (Wildman–Crippen LogP) is -1.22. The molecular weight excluding hydrogens is 392 g/mol. The fraction of sp³-hybridized carbons (Fsp3) is 0.125. The summed E-state index contributed by atoms with van der Waals surface area (Å²) in [6.45, 7) is 2.77. The zero-order valence-electron chi connectivity index (χ0n) is 13.3. The van der Waals surface area contributed by atoms with Crippen molar-refractivity contribution in [1.29, 1.82) is 0 Å². The summed E-state index contributed by atoms with van der Waals surface area (Å²) in [5, 5.41) is 23.3. The lowest BCUT2D eigenvalue weighted by Gasteiger charge is -2.09. The first-order chi connectivity index (χ1) is 11.4. The van der Waals surface area contributed by atoms with Crippen LogP contribution in [0, 0.1) is 10.1 Å². The van der Waals surface area contributed by atoms with Gasteiger partial charge in [-0.1, -0.05) is 0 Å². The Morgan fingerprint density at radius 2 is 2.00 bits per heavy atom. The summed E-state index contributed by atoms with van der Waals surface area (Å²) in [5.74, 6) is -0.149. The number of urea groups is 1. The molecule has 1 heterocycles. The average molecular weight is 409 g/mol. The molecule has 25 heavy (non-hydrogen) atoms. The summed E-state index contributed by atoms with van der Waals surface area (Å²) < 4.78 is 1.93. The number of nitro benzene ring substituents is 1. The van der Waals surface area contributed by atoms with Gasteiger partial charge in [-0.25, -0.2) is 9.36 Å². The minimum atomic E-state index is -0.779. The first kappa shape index (κ1) is 20.1. The number of phenols is 1. The number of pyridine rings is 1. The molecule has 0 saturated carbocycles. The second-order valence-corrected chi connectivity index (χ2v) is 4.96. The number of nitrogens with zero attached hydrogens (tertiary/aromatic N) is 2. The Bertz CT molecular complexity index is 806. The van der Waals surface area contributed by atoms with Crippen molar-refractivity contribution in [1.82, 2.24) is 5.32 Å². The summed E-state index contributed by atoms with van der Waals surface area (Å²) in [6.07, 6.45) is 5.07. The molecule has 0 aliphatic rings. The molecule has 0 saturated heterocycles. The van der Waals surface area contributed by atoms with Crippen LogP contribution in [0.3, 0.4) is 0 Å². The predicted molar refractivity (Wildman–Crippen MR) is 87.7 cm³/mol. The van der Waals surface area contributed by atoms with Crippen molar-refractivity contribution < 1.29 is 36.4 Å². The molecule has 8 nitrogen and oxygen atoms in total. The van der Waals surface area contributed by atoms with Crippen LogP contribution in [0.15, 0.2) is 42.7 Å². The van der Waals surface area contributed by atoms with E-state index in [1.54, 1.807) is 12.1 Å². The van der Waals surface area contributed by atoms with Crippen LogP contribution < -0.4 is 32.6 Å². The first-order valence-corrected chi connectivity index (χ1v) is 7.15. The van der Waals surface area contributed by atoms with Crippen LogP contribution in [0.2, 0.25) is 0 Å². The Morgan fingerprint density at radius 1 is 1.36 bits per heavy atom. The van der Waals surface area contributed by atoms with Gasteiger partial charge in [-0.15, -0.1) is 0 Å². The lowest BCUT2D eigenvalue weighted by atomic mass is 10.1. The summed E-state index contributed by atoms with van der Waals surface area (Å²) in [6, 6.07) is 6.38. The Labute approximate surface area is 154 Å². The molecule has 0 radical (unpaired) electrons. The van der Waals surface area contributed by atoms with Crippen LogP contribution in [0.4, 0.5) is 10.5 Å². The van der Waals surface area contributed by atoms with Gasteiger partial charge in [-0.05, 0) is 19.1 Å². The average Bonchev–Trinajstić information content (AvgIpc) is 2.55. The van der Waals surface area contributed by atoms with Gasteiger partial charge in [0.05, 0.1) is 10.6 Å². The Morgan fingerprint density at radius 3 is 2.52 bits per heavy atom. The molecule has 0 atom stereocenters. The molecule has 2 rings (SSSR count). The summed E-state index contributed by atoms with van der Waals surface area (Å²) >= 11 is 0. The molecule has 0 fully saturated rings. The van der Waals surface area contributed by atoms with Crippen molar-refractivity contribution in [3.05, 3.63) is 64.0 Å². The Balaban J connectivity index is 0.00000312. The summed E-state index contributed by atoms with van der Waals surface area (Å²) in [5.41, 5.74) is 6.18. The molecular formula is C16H17BrN4O4. The van der Waals surface area contributed by atoms with Crippen molar-refractivity contribution >= 4 is 23.5 Å². The molecule has 0 aliphatic carbocycles. The first-order valence-electron chi connectivity index (χ1n) is 7.15. The number of nitro groups is 1. The number of aromatic nitrogens is 1. The Hall–Kier alpha value is -2.94. The molecule has 0 spiro atoms. The topological polar surface area (TPSA) is 122 Å². The fourth-order valence-electron chi connectivity index (χ4n) is 2.10. The maximum Gasteiger partial charge on any atom is 0.316 e. The minimum absolute atomic E-state index is 0. The van der Waals surface area contributed by atoms with E-state index in [9.17, 15) is 20.0 Å². The largest absolute Gasteiger partial charge is 1.00 e. The number of hydrogen-bond acceptors (Lipinski definition) is 4.